The molecule has 0 amide bonds. The van der Waals surface area contributed by atoms with Gasteiger partial charge in [0.25, 0.3) is 0 Å². The summed E-state index contributed by atoms with van der Waals surface area (Å²) in [6.07, 6.45) is -1.02. The van der Waals surface area contributed by atoms with Gasteiger partial charge in [-0.25, -0.2) is 9.59 Å². The molecule has 3 rings (SSSR count). The lowest BCUT2D eigenvalue weighted by molar-refractivity contribution is -0.148. The van der Waals surface area contributed by atoms with E-state index >= 15 is 0 Å². The predicted molar refractivity (Wildman–Crippen MR) is 91.1 cm³/mol. The molecule has 6 heteroatoms. The zero-order valence-corrected chi connectivity index (χ0v) is 14.1. The molecule has 3 fully saturated rings. The van der Waals surface area contributed by atoms with E-state index in [1.165, 1.54) is 0 Å². The summed E-state index contributed by atoms with van der Waals surface area (Å²) in [7, 11) is 0. The summed E-state index contributed by atoms with van der Waals surface area (Å²) in [6, 6.07) is 0. The second-order valence-corrected chi connectivity index (χ2v) is 6.99. The van der Waals surface area contributed by atoms with E-state index in [1.807, 2.05) is 0 Å². The number of fused-ring (bicyclic) bond motifs is 3. The van der Waals surface area contributed by atoms with E-state index in [1.54, 1.807) is 0 Å². The highest BCUT2D eigenvalue weighted by Gasteiger charge is 2.56. The average molecular weight is 345 g/mol. The standard InChI is InChI=1S/C19H23NO5/c1-8-5-14(24-18(22)9(2)7-20)16-11(4)19(23)25-17(16)15-10(3)13(21)6-12(8)15/h12-17,21H,1-7,20H2. The summed E-state index contributed by atoms with van der Waals surface area (Å²) >= 11 is 0. The summed E-state index contributed by atoms with van der Waals surface area (Å²) in [5.41, 5.74) is 7.34. The van der Waals surface area contributed by atoms with E-state index in [0.29, 0.717) is 18.4 Å². The van der Waals surface area contributed by atoms with Crippen LogP contribution in [0.15, 0.2) is 48.6 Å². The molecule has 0 aromatic heterocycles. The number of esters is 2. The topological polar surface area (TPSA) is 98.9 Å². The third-order valence-electron chi connectivity index (χ3n) is 5.56. The smallest absolute Gasteiger partial charge is 0.335 e. The molecule has 1 aliphatic heterocycles. The Balaban J connectivity index is 1.96. The number of rotatable bonds is 3. The van der Waals surface area contributed by atoms with E-state index < -0.39 is 36.2 Å². The monoisotopic (exact) mass is 345 g/mol. The predicted octanol–water partition coefficient (Wildman–Crippen LogP) is 1.02. The number of carbonyl (C=O) groups is 2. The number of carbonyl (C=O) groups excluding carboxylic acids is 2. The molecule has 134 valence electrons. The highest BCUT2D eigenvalue weighted by molar-refractivity contribution is 5.92. The van der Waals surface area contributed by atoms with Crippen molar-refractivity contribution in [2.75, 3.05) is 6.54 Å². The molecule has 6 unspecified atom stereocenters. The summed E-state index contributed by atoms with van der Waals surface area (Å²) in [6.45, 7) is 15.5. The Hall–Kier alpha value is -2.18. The second-order valence-electron chi connectivity index (χ2n) is 6.99. The zero-order valence-electron chi connectivity index (χ0n) is 14.1. The molecule has 6 atom stereocenters. The van der Waals surface area contributed by atoms with Crippen molar-refractivity contribution in [1.29, 1.82) is 0 Å². The minimum absolute atomic E-state index is 0.00871. The first-order valence-electron chi connectivity index (χ1n) is 8.29. The van der Waals surface area contributed by atoms with Crippen LogP contribution in [-0.4, -0.2) is 41.9 Å². The summed E-state index contributed by atoms with van der Waals surface area (Å²) in [4.78, 5) is 24.3. The van der Waals surface area contributed by atoms with Gasteiger partial charge in [-0.1, -0.05) is 31.9 Å². The highest BCUT2D eigenvalue weighted by atomic mass is 16.6. The lowest BCUT2D eigenvalue weighted by Crippen LogP contribution is -2.36. The van der Waals surface area contributed by atoms with Gasteiger partial charge in [-0.15, -0.1) is 0 Å². The second kappa shape index (κ2) is 6.28. The van der Waals surface area contributed by atoms with Crippen LogP contribution < -0.4 is 5.73 Å². The normalized spacial score (nSPS) is 37.2. The van der Waals surface area contributed by atoms with Crippen molar-refractivity contribution in [3.8, 4) is 0 Å². The van der Waals surface area contributed by atoms with Crippen molar-refractivity contribution < 1.29 is 24.2 Å². The Morgan fingerprint density at radius 1 is 1.32 bits per heavy atom. The quantitative estimate of drug-likeness (QED) is 0.450. The molecular weight excluding hydrogens is 322 g/mol. The van der Waals surface area contributed by atoms with Crippen molar-refractivity contribution >= 4 is 11.9 Å². The third kappa shape index (κ3) is 2.75. The molecule has 3 N–H and O–H groups in total. The van der Waals surface area contributed by atoms with Crippen molar-refractivity contribution in [1.82, 2.24) is 0 Å². The van der Waals surface area contributed by atoms with Gasteiger partial charge in [0.15, 0.2) is 0 Å². The van der Waals surface area contributed by atoms with Gasteiger partial charge in [-0.2, -0.15) is 0 Å². The fourth-order valence-electron chi connectivity index (χ4n) is 4.18. The fourth-order valence-corrected chi connectivity index (χ4v) is 4.18. The van der Waals surface area contributed by atoms with E-state index in [9.17, 15) is 14.7 Å². The maximum atomic E-state index is 12.2. The lowest BCUT2D eigenvalue weighted by Gasteiger charge is -2.28. The van der Waals surface area contributed by atoms with Crippen LogP contribution in [0.25, 0.3) is 0 Å². The van der Waals surface area contributed by atoms with Gasteiger partial charge in [-0.05, 0) is 17.9 Å². The maximum Gasteiger partial charge on any atom is 0.335 e. The minimum atomic E-state index is -0.656. The molecule has 0 aromatic carbocycles. The van der Waals surface area contributed by atoms with Crippen LogP contribution in [0.2, 0.25) is 0 Å². The van der Waals surface area contributed by atoms with Gasteiger partial charge in [0.2, 0.25) is 0 Å². The maximum absolute atomic E-state index is 12.2. The number of nitrogens with two attached hydrogens (primary N) is 1. The number of aliphatic hydroxyl groups excluding tert-OH is 1. The van der Waals surface area contributed by atoms with Gasteiger partial charge >= 0.3 is 11.9 Å². The van der Waals surface area contributed by atoms with Crippen LogP contribution in [0.4, 0.5) is 0 Å². The van der Waals surface area contributed by atoms with Crippen LogP contribution in [0.5, 0.6) is 0 Å². The van der Waals surface area contributed by atoms with Gasteiger partial charge in [0.05, 0.1) is 12.0 Å². The Bertz CT molecular complexity index is 694. The van der Waals surface area contributed by atoms with Crippen LogP contribution in [0, 0.1) is 17.8 Å². The van der Waals surface area contributed by atoms with Gasteiger partial charge in [-0.3, -0.25) is 0 Å². The summed E-state index contributed by atoms with van der Waals surface area (Å²) in [5.74, 6) is -1.94. The molecule has 25 heavy (non-hydrogen) atoms. The van der Waals surface area contributed by atoms with E-state index in [-0.39, 0.29) is 29.5 Å². The van der Waals surface area contributed by atoms with Crippen LogP contribution in [-0.2, 0) is 19.1 Å². The Morgan fingerprint density at radius 2 is 2.00 bits per heavy atom. The molecule has 2 aliphatic carbocycles. The summed E-state index contributed by atoms with van der Waals surface area (Å²) < 4.78 is 11.1. The van der Waals surface area contributed by atoms with Crippen molar-refractivity contribution in [2.45, 2.75) is 31.2 Å². The average Bonchev–Trinajstić information content (AvgIpc) is 2.99. The zero-order chi connectivity index (χ0) is 18.5. The van der Waals surface area contributed by atoms with Crippen molar-refractivity contribution in [2.24, 2.45) is 23.5 Å². The van der Waals surface area contributed by atoms with Gasteiger partial charge < -0.3 is 20.3 Å². The SMILES string of the molecule is C=C(CN)C(=O)OC1CC(=C)C2CC(O)C(=C)C2C2OC(=O)C(=C)C12. The first-order valence-corrected chi connectivity index (χ1v) is 8.29. The Labute approximate surface area is 146 Å². The molecule has 2 saturated carbocycles. The van der Waals surface area contributed by atoms with E-state index in [2.05, 4.69) is 26.3 Å². The van der Waals surface area contributed by atoms with Crippen LogP contribution >= 0.6 is 0 Å². The number of hydrogen-bond donors (Lipinski definition) is 2. The molecular formula is C19H23NO5. The number of hydrogen-bond acceptors (Lipinski definition) is 6. The first kappa shape index (κ1) is 17.6. The molecule has 0 bridgehead atoms. The fraction of sp³-hybridized carbons (Fsp3) is 0.474. The third-order valence-corrected chi connectivity index (χ3v) is 5.56. The van der Waals surface area contributed by atoms with E-state index in [0.717, 1.165) is 5.57 Å². The molecule has 3 aliphatic rings. The van der Waals surface area contributed by atoms with Crippen LogP contribution in [0.1, 0.15) is 12.8 Å². The molecule has 0 spiro atoms. The molecule has 1 heterocycles. The van der Waals surface area contributed by atoms with Gasteiger partial charge in [0.1, 0.15) is 12.2 Å². The first-order chi connectivity index (χ1) is 11.8. The molecule has 0 radical (unpaired) electrons. The lowest BCUT2D eigenvalue weighted by atomic mass is 9.81. The molecule has 0 aromatic rings. The van der Waals surface area contributed by atoms with Crippen LogP contribution in [0.3, 0.4) is 0 Å². The van der Waals surface area contributed by atoms with Crippen molar-refractivity contribution in [3.05, 3.63) is 48.6 Å². The highest BCUT2D eigenvalue weighted by Crippen LogP contribution is 2.52. The molecule has 6 nitrogen and oxygen atoms in total. The molecule has 1 saturated heterocycles. The van der Waals surface area contributed by atoms with Crippen molar-refractivity contribution in [3.63, 3.8) is 0 Å². The summed E-state index contributed by atoms with van der Waals surface area (Å²) in [5, 5.41) is 10.2. The number of ether oxygens (including phenoxy) is 2. The van der Waals surface area contributed by atoms with Gasteiger partial charge in [0, 0.05) is 30.0 Å². The largest absolute Gasteiger partial charge is 0.458 e. The Kier molecular flexibility index (Phi) is 4.43. The number of aliphatic hydroxyl groups is 1. The Morgan fingerprint density at radius 3 is 2.64 bits per heavy atom. The minimum Gasteiger partial charge on any atom is -0.458 e. The van der Waals surface area contributed by atoms with E-state index in [4.69, 9.17) is 15.2 Å².